The number of anilines is 4. The van der Waals surface area contributed by atoms with Gasteiger partial charge in [0.15, 0.2) is 27.4 Å². The van der Waals surface area contributed by atoms with Crippen LogP contribution in [-0.4, -0.2) is 124 Å². The van der Waals surface area contributed by atoms with Crippen LogP contribution in [0.5, 0.6) is 17.2 Å². The van der Waals surface area contributed by atoms with Gasteiger partial charge in [-0.2, -0.15) is 9.97 Å². The number of hydrogen-bond donors (Lipinski definition) is 2. The molecular formula is C47H53ClN12O4S2. The molecule has 2 atom stereocenters. The lowest BCUT2D eigenvalue weighted by Gasteiger charge is -2.43. The Morgan fingerprint density at radius 1 is 0.712 bits per heavy atom. The molecule has 0 aliphatic carbocycles. The normalized spacial score (nSPS) is 15.6. The minimum atomic E-state index is -0.952. The molecular weight excluding hydrogens is 896 g/mol. The summed E-state index contributed by atoms with van der Waals surface area (Å²) in [6.45, 7) is 8.63. The molecule has 344 valence electrons. The molecule has 16 nitrogen and oxygen atoms in total. The number of hydrogen-bond acceptors (Lipinski definition) is 17. The third-order valence-corrected chi connectivity index (χ3v) is 14.2. The van der Waals surface area contributed by atoms with Crippen LogP contribution in [0.15, 0.2) is 72.8 Å². The molecule has 6 heterocycles. The van der Waals surface area contributed by atoms with Crippen LogP contribution in [0.3, 0.4) is 0 Å². The number of amides is 1. The summed E-state index contributed by atoms with van der Waals surface area (Å²) in [5.41, 5.74) is 16.2. The number of methoxy groups -OCH3 is 1. The van der Waals surface area contributed by atoms with Crippen molar-refractivity contribution in [1.29, 1.82) is 0 Å². The number of aromatic nitrogens is 6. The van der Waals surface area contributed by atoms with Crippen LogP contribution in [0, 0.1) is 6.92 Å². The van der Waals surface area contributed by atoms with Crippen molar-refractivity contribution in [2.24, 2.45) is 0 Å². The van der Waals surface area contributed by atoms with E-state index in [1.807, 2.05) is 41.3 Å². The fourth-order valence-electron chi connectivity index (χ4n) is 8.36. The van der Waals surface area contributed by atoms with Crippen molar-refractivity contribution in [3.05, 3.63) is 88.4 Å². The number of rotatable bonds is 16. The van der Waals surface area contributed by atoms with Gasteiger partial charge in [-0.1, -0.05) is 83.9 Å². The highest BCUT2D eigenvalue weighted by Crippen LogP contribution is 2.35. The Morgan fingerprint density at radius 3 is 1.94 bits per heavy atom. The van der Waals surface area contributed by atoms with E-state index in [1.165, 1.54) is 16.9 Å². The Bertz CT molecular complexity index is 2760. The van der Waals surface area contributed by atoms with E-state index in [1.54, 1.807) is 30.6 Å². The number of carbonyl (C=O) groups is 1. The monoisotopic (exact) mass is 948 g/mol. The SMILES string of the molecule is CCCCCc1nc2c(N3CCN(C(=O)C(Oc4ccc(OC)cc4)C(COc4ccc(Cl)cc4)N4CCN(c5nc(N)nc6sc(-c7ccc(C)cc7)nc56)CC4)CC3)nc(N)nc2s1. The quantitative estimate of drug-likeness (QED) is 0.0913. The molecule has 2 aliphatic rings. The molecule has 2 aliphatic heterocycles. The minimum Gasteiger partial charge on any atom is -0.497 e. The molecule has 0 spiro atoms. The van der Waals surface area contributed by atoms with E-state index in [0.29, 0.717) is 91.8 Å². The van der Waals surface area contributed by atoms with E-state index in [4.69, 9.17) is 52.2 Å². The van der Waals surface area contributed by atoms with Crippen molar-refractivity contribution in [3.63, 3.8) is 0 Å². The molecule has 19 heteroatoms. The highest BCUT2D eigenvalue weighted by atomic mass is 35.5. The first kappa shape index (κ1) is 45.1. The number of thiazole rings is 2. The number of halogens is 1. The first-order valence-electron chi connectivity index (χ1n) is 22.3. The standard InChI is InChI=1S/C47H53ClN12O4S2/c1-4-5-6-7-36-51-37-40(53-46(49)55-43(37)65-36)59-24-26-60(27-25-59)45(61)39(64-34-18-16-32(62-3)17-19-34)35(28-63-33-14-12-31(48)13-15-33)57-20-22-58(23-21-57)41-38-44(56-47(50)54-41)66-42(52-38)30-10-8-29(2)9-11-30/h8-19,35,39H,4-7,20-28H2,1-3H3,(H2,49,53,55)(H2,50,54,56). The molecule has 0 saturated carbocycles. The zero-order chi connectivity index (χ0) is 45.7. The van der Waals surface area contributed by atoms with Gasteiger partial charge in [-0.05, 0) is 68.3 Å². The van der Waals surface area contributed by atoms with E-state index in [0.717, 1.165) is 56.4 Å². The molecule has 9 rings (SSSR count). The van der Waals surface area contributed by atoms with Gasteiger partial charge in [0.2, 0.25) is 11.9 Å². The highest BCUT2D eigenvalue weighted by molar-refractivity contribution is 7.21. The molecule has 4 aromatic heterocycles. The summed E-state index contributed by atoms with van der Waals surface area (Å²) in [6.07, 6.45) is 3.29. The summed E-state index contributed by atoms with van der Waals surface area (Å²) in [6, 6.07) is 22.3. The first-order valence-corrected chi connectivity index (χ1v) is 24.3. The number of unbranched alkanes of at least 4 members (excludes halogenated alkanes) is 2. The van der Waals surface area contributed by atoms with E-state index in [9.17, 15) is 0 Å². The molecule has 7 aromatic rings. The van der Waals surface area contributed by atoms with Gasteiger partial charge in [-0.3, -0.25) is 9.69 Å². The lowest BCUT2D eigenvalue weighted by molar-refractivity contribution is -0.143. The molecule has 2 unspecified atom stereocenters. The van der Waals surface area contributed by atoms with Gasteiger partial charge in [-0.15, -0.1) is 0 Å². The van der Waals surface area contributed by atoms with Crippen molar-refractivity contribution in [3.8, 4) is 27.8 Å². The zero-order valence-electron chi connectivity index (χ0n) is 37.2. The van der Waals surface area contributed by atoms with E-state index in [-0.39, 0.29) is 24.4 Å². The van der Waals surface area contributed by atoms with Gasteiger partial charge in [0, 0.05) is 62.9 Å². The largest absolute Gasteiger partial charge is 0.497 e. The number of benzene rings is 3. The van der Waals surface area contributed by atoms with Crippen LogP contribution in [0.4, 0.5) is 23.5 Å². The van der Waals surface area contributed by atoms with Crippen LogP contribution < -0.4 is 35.5 Å². The lowest BCUT2D eigenvalue weighted by atomic mass is 10.1. The van der Waals surface area contributed by atoms with Crippen LogP contribution in [-0.2, 0) is 11.2 Å². The molecule has 1 amide bonds. The van der Waals surface area contributed by atoms with Crippen LogP contribution >= 0.6 is 34.3 Å². The molecule has 2 fully saturated rings. The molecule has 4 N–H and O–H groups in total. The Kier molecular flexibility index (Phi) is 13.8. The fourth-order valence-corrected chi connectivity index (χ4v) is 10.4. The molecule has 2 saturated heterocycles. The van der Waals surface area contributed by atoms with Gasteiger partial charge in [0.05, 0.1) is 18.2 Å². The highest BCUT2D eigenvalue weighted by Gasteiger charge is 2.41. The number of carbonyl (C=O) groups excluding carboxylic acids is 1. The Morgan fingerprint density at radius 2 is 1.30 bits per heavy atom. The number of aryl methyl sites for hydroxylation is 2. The van der Waals surface area contributed by atoms with Crippen LogP contribution in [0.25, 0.3) is 31.3 Å². The smallest absolute Gasteiger partial charge is 0.265 e. The van der Waals surface area contributed by atoms with Gasteiger partial charge in [0.25, 0.3) is 5.91 Å². The maximum atomic E-state index is 15.2. The molecule has 66 heavy (non-hydrogen) atoms. The zero-order valence-corrected chi connectivity index (χ0v) is 39.6. The van der Waals surface area contributed by atoms with Gasteiger partial charge in [-0.25, -0.2) is 19.9 Å². The van der Waals surface area contributed by atoms with Crippen molar-refractivity contribution in [1.82, 2.24) is 39.7 Å². The maximum absolute atomic E-state index is 15.2. The third-order valence-electron chi connectivity index (χ3n) is 12.0. The number of fused-ring (bicyclic) bond motifs is 2. The number of nitrogens with zero attached hydrogens (tertiary/aromatic N) is 10. The second-order valence-corrected chi connectivity index (χ2v) is 18.9. The van der Waals surface area contributed by atoms with Gasteiger partial charge < -0.3 is 40.4 Å². The van der Waals surface area contributed by atoms with Crippen molar-refractivity contribution >= 4 is 84.4 Å². The van der Waals surface area contributed by atoms with E-state index >= 15 is 4.79 Å². The van der Waals surface area contributed by atoms with Crippen LogP contribution in [0.1, 0.15) is 36.8 Å². The van der Waals surface area contributed by atoms with Gasteiger partial charge >= 0.3 is 0 Å². The molecule has 3 aromatic carbocycles. The third kappa shape index (κ3) is 10.2. The summed E-state index contributed by atoms with van der Waals surface area (Å²) in [7, 11) is 1.62. The fraction of sp³-hybridized carbons (Fsp3) is 0.383. The number of nitrogens with two attached hydrogens (primary N) is 2. The average molecular weight is 950 g/mol. The number of nitrogen functional groups attached to an aromatic ring is 2. The predicted octanol–water partition coefficient (Wildman–Crippen LogP) is 7.39. The van der Waals surface area contributed by atoms with Crippen LogP contribution in [0.2, 0.25) is 5.02 Å². The maximum Gasteiger partial charge on any atom is 0.265 e. The minimum absolute atomic E-state index is 0.145. The van der Waals surface area contributed by atoms with Crippen molar-refractivity contribution in [2.45, 2.75) is 51.7 Å². The lowest BCUT2D eigenvalue weighted by Crippen LogP contribution is -2.62. The summed E-state index contributed by atoms with van der Waals surface area (Å²) in [5, 5.41) is 2.49. The summed E-state index contributed by atoms with van der Waals surface area (Å²) in [4.78, 5) is 53.7. The number of piperazine rings is 2. The van der Waals surface area contributed by atoms with Crippen molar-refractivity contribution in [2.75, 3.05) is 87.3 Å². The second-order valence-electron chi connectivity index (χ2n) is 16.4. The van der Waals surface area contributed by atoms with E-state index in [2.05, 4.69) is 67.8 Å². The Hall–Kier alpha value is -6.08. The van der Waals surface area contributed by atoms with Gasteiger partial charge in [0.1, 0.15) is 39.9 Å². The van der Waals surface area contributed by atoms with Crippen molar-refractivity contribution < 1.29 is 19.0 Å². The molecule has 0 bridgehead atoms. The predicted molar refractivity (Wildman–Crippen MR) is 263 cm³/mol. The first-order chi connectivity index (χ1) is 32.1. The Balaban J connectivity index is 0.981. The number of ether oxygens (including phenoxy) is 3. The summed E-state index contributed by atoms with van der Waals surface area (Å²) in [5.74, 6) is 3.49. The topological polar surface area (TPSA) is 187 Å². The summed E-state index contributed by atoms with van der Waals surface area (Å²) < 4.78 is 18.8. The average Bonchev–Trinajstić information content (AvgIpc) is 3.96. The second kappa shape index (κ2) is 20.2. The van der Waals surface area contributed by atoms with E-state index < -0.39 is 12.1 Å². The molecule has 0 radical (unpaired) electrons. The summed E-state index contributed by atoms with van der Waals surface area (Å²) >= 11 is 9.33. The Labute approximate surface area is 396 Å².